The van der Waals surface area contributed by atoms with E-state index in [0.717, 1.165) is 0 Å². The second kappa shape index (κ2) is 6.51. The minimum atomic E-state index is -1.11. The summed E-state index contributed by atoms with van der Waals surface area (Å²) < 4.78 is 28.4. The van der Waals surface area contributed by atoms with Crippen LogP contribution in [0.2, 0.25) is 0 Å². The number of carbonyl (C=O) groups is 2. The average Bonchev–Trinajstić information content (AvgIpc) is 3.28. The van der Waals surface area contributed by atoms with Crippen molar-refractivity contribution < 1.29 is 33.3 Å². The first kappa shape index (κ1) is 18.3. The van der Waals surface area contributed by atoms with E-state index in [1.165, 1.54) is 6.33 Å². The number of aromatic nitrogens is 3. The second-order valence-corrected chi connectivity index (χ2v) is 7.02. The number of fused-ring (bicyclic) bond motifs is 2. The van der Waals surface area contributed by atoms with Gasteiger partial charge in [0.25, 0.3) is 0 Å². The van der Waals surface area contributed by atoms with E-state index in [2.05, 4.69) is 10.1 Å². The number of rotatable bonds is 4. The summed E-state index contributed by atoms with van der Waals surface area (Å²) in [5, 5.41) is 4.22. The molecule has 2 aromatic heterocycles. The zero-order valence-electron chi connectivity index (χ0n) is 15.5. The van der Waals surface area contributed by atoms with Crippen molar-refractivity contribution in [1.29, 1.82) is 0 Å². The van der Waals surface area contributed by atoms with E-state index in [1.54, 1.807) is 37.4 Å². The summed E-state index contributed by atoms with van der Waals surface area (Å²) in [5.74, 6) is 0.301. The molecular formula is C17H20N4O7. The largest absolute Gasteiger partial charge is 0.509 e. The van der Waals surface area contributed by atoms with Gasteiger partial charge in [0.2, 0.25) is 0 Å². The molecule has 0 unspecified atom stereocenters. The molecule has 0 aromatic carbocycles. The van der Waals surface area contributed by atoms with Crippen LogP contribution in [0.5, 0.6) is 0 Å². The lowest BCUT2D eigenvalue weighted by atomic mass is 9.93. The molecule has 0 spiro atoms. The van der Waals surface area contributed by atoms with Gasteiger partial charge < -0.3 is 29.4 Å². The number of ether oxygens (including phenoxy) is 5. The van der Waals surface area contributed by atoms with Gasteiger partial charge in [-0.15, -0.1) is 0 Å². The van der Waals surface area contributed by atoms with Crippen LogP contribution >= 0.6 is 0 Å². The Morgan fingerprint density at radius 3 is 2.93 bits per heavy atom. The van der Waals surface area contributed by atoms with Crippen molar-refractivity contribution in [2.24, 2.45) is 0 Å². The first-order valence-corrected chi connectivity index (χ1v) is 8.77. The van der Waals surface area contributed by atoms with Gasteiger partial charge in [0.05, 0.1) is 11.8 Å². The summed E-state index contributed by atoms with van der Waals surface area (Å²) in [6.07, 6.45) is -2.90. The molecule has 2 saturated heterocycles. The normalized spacial score (nSPS) is 28.9. The Hall–Kier alpha value is -3.08. The van der Waals surface area contributed by atoms with Crippen LogP contribution in [0.4, 0.5) is 15.4 Å². The zero-order chi connectivity index (χ0) is 20.1. The fraction of sp³-hybridized carbons (Fsp3) is 0.529. The van der Waals surface area contributed by atoms with Gasteiger partial charge in [0, 0.05) is 0 Å². The second-order valence-electron chi connectivity index (χ2n) is 7.02. The Labute approximate surface area is 159 Å². The molecule has 0 aliphatic carbocycles. The van der Waals surface area contributed by atoms with Gasteiger partial charge in [0.15, 0.2) is 18.0 Å². The van der Waals surface area contributed by atoms with Crippen molar-refractivity contribution in [2.75, 3.05) is 12.3 Å². The molecule has 11 heteroatoms. The molecule has 4 atom stereocenters. The monoisotopic (exact) mass is 392 g/mol. The molecule has 0 radical (unpaired) electrons. The van der Waals surface area contributed by atoms with Crippen LogP contribution in [0.25, 0.3) is 5.52 Å². The number of nitrogens with two attached hydrogens (primary N) is 1. The maximum absolute atomic E-state index is 11.8. The molecule has 2 aliphatic rings. The zero-order valence-corrected chi connectivity index (χ0v) is 15.5. The van der Waals surface area contributed by atoms with Crippen molar-refractivity contribution in [3.63, 3.8) is 0 Å². The molecule has 0 saturated carbocycles. The van der Waals surface area contributed by atoms with Crippen LogP contribution < -0.4 is 5.73 Å². The Morgan fingerprint density at radius 1 is 1.39 bits per heavy atom. The smallest absolute Gasteiger partial charge is 0.432 e. The molecule has 28 heavy (non-hydrogen) atoms. The van der Waals surface area contributed by atoms with Crippen LogP contribution in [-0.4, -0.2) is 57.9 Å². The summed E-state index contributed by atoms with van der Waals surface area (Å²) in [7, 11) is 0. The molecule has 2 N–H and O–H groups in total. The van der Waals surface area contributed by atoms with Crippen molar-refractivity contribution in [3.8, 4) is 0 Å². The molecule has 2 aliphatic heterocycles. The van der Waals surface area contributed by atoms with E-state index in [1.807, 2.05) is 0 Å². The summed E-state index contributed by atoms with van der Waals surface area (Å²) in [6, 6.07) is 3.51. The predicted octanol–water partition coefficient (Wildman–Crippen LogP) is 1.39. The quantitative estimate of drug-likeness (QED) is 0.760. The fourth-order valence-corrected chi connectivity index (χ4v) is 3.56. The third-order valence-electron chi connectivity index (χ3n) is 4.75. The van der Waals surface area contributed by atoms with Crippen molar-refractivity contribution in [3.05, 3.63) is 24.2 Å². The highest BCUT2D eigenvalue weighted by Gasteiger charge is 2.62. The van der Waals surface area contributed by atoms with Crippen LogP contribution in [0.3, 0.4) is 0 Å². The van der Waals surface area contributed by atoms with Crippen LogP contribution in [0, 0.1) is 0 Å². The highest BCUT2D eigenvalue weighted by molar-refractivity contribution is 5.66. The Kier molecular flexibility index (Phi) is 4.26. The van der Waals surface area contributed by atoms with E-state index in [4.69, 9.17) is 29.4 Å². The lowest BCUT2D eigenvalue weighted by molar-refractivity contribution is -0.107. The summed E-state index contributed by atoms with van der Waals surface area (Å²) in [4.78, 5) is 27.4. The minimum Gasteiger partial charge on any atom is -0.432 e. The van der Waals surface area contributed by atoms with Gasteiger partial charge in [-0.3, -0.25) is 0 Å². The Bertz CT molecular complexity index is 929. The summed E-state index contributed by atoms with van der Waals surface area (Å²) >= 11 is 0. The number of hydrogen-bond acceptors (Lipinski definition) is 10. The standard InChI is InChI=1S/C17H20N4O7/c1-8(2)25-15(22)24-6-10-12-13(27-16(23)26-12)17(3,28-10)11-5-4-9-14(18)19-7-20-21(9)11/h4-5,7-8,10,12-13H,6H2,1-3H3,(H2,18,19,20)/t10-,12-,13-,17+/m1/s1. The highest BCUT2D eigenvalue weighted by Crippen LogP contribution is 2.46. The van der Waals surface area contributed by atoms with E-state index in [0.29, 0.717) is 17.0 Å². The maximum atomic E-state index is 11.8. The SMILES string of the molecule is CC(C)OC(=O)OC[C@H]1O[C@@](C)(c2ccc3c(N)ncnn23)[C@@H]2OC(=O)O[C@@H]21. The predicted molar refractivity (Wildman–Crippen MR) is 92.3 cm³/mol. The average molecular weight is 392 g/mol. The van der Waals surface area contributed by atoms with Crippen molar-refractivity contribution in [2.45, 2.75) is 50.8 Å². The lowest BCUT2D eigenvalue weighted by Crippen LogP contribution is -2.38. The van der Waals surface area contributed by atoms with Crippen molar-refractivity contribution >= 4 is 23.6 Å². The van der Waals surface area contributed by atoms with E-state index < -0.39 is 36.2 Å². The van der Waals surface area contributed by atoms with Crippen molar-refractivity contribution in [1.82, 2.24) is 14.6 Å². The molecule has 0 bridgehead atoms. The molecule has 11 nitrogen and oxygen atoms in total. The van der Waals surface area contributed by atoms with E-state index in [-0.39, 0.29) is 12.7 Å². The Balaban J connectivity index is 1.62. The Morgan fingerprint density at radius 2 is 2.18 bits per heavy atom. The number of anilines is 1. The van der Waals surface area contributed by atoms with Crippen LogP contribution in [0.1, 0.15) is 26.5 Å². The highest BCUT2D eigenvalue weighted by atomic mass is 16.8. The van der Waals surface area contributed by atoms with Gasteiger partial charge in [0.1, 0.15) is 30.2 Å². The first-order valence-electron chi connectivity index (χ1n) is 8.77. The summed E-state index contributed by atoms with van der Waals surface area (Å²) in [6.45, 7) is 5.00. The van der Waals surface area contributed by atoms with Gasteiger partial charge in [-0.1, -0.05) is 0 Å². The number of nitrogen functional groups attached to an aromatic ring is 1. The number of nitrogens with zero attached hydrogens (tertiary/aromatic N) is 3. The van der Waals surface area contributed by atoms with Gasteiger partial charge in [-0.05, 0) is 32.9 Å². The van der Waals surface area contributed by atoms with Gasteiger partial charge in [-0.2, -0.15) is 5.10 Å². The molecule has 150 valence electrons. The third-order valence-corrected chi connectivity index (χ3v) is 4.75. The minimum absolute atomic E-state index is 0.167. The molecule has 4 heterocycles. The van der Waals surface area contributed by atoms with Gasteiger partial charge >= 0.3 is 12.3 Å². The third kappa shape index (κ3) is 2.87. The van der Waals surface area contributed by atoms with E-state index >= 15 is 0 Å². The molecule has 0 amide bonds. The fourth-order valence-electron chi connectivity index (χ4n) is 3.56. The van der Waals surface area contributed by atoms with E-state index in [9.17, 15) is 9.59 Å². The number of carbonyl (C=O) groups excluding carboxylic acids is 2. The summed E-state index contributed by atoms with van der Waals surface area (Å²) in [5.41, 5.74) is 5.96. The van der Waals surface area contributed by atoms with Gasteiger partial charge in [-0.25, -0.2) is 19.1 Å². The molecular weight excluding hydrogens is 372 g/mol. The number of hydrogen-bond donors (Lipinski definition) is 1. The molecule has 4 rings (SSSR count). The van der Waals surface area contributed by atoms with Crippen LogP contribution in [0.15, 0.2) is 18.5 Å². The first-order chi connectivity index (χ1) is 13.3. The lowest BCUT2D eigenvalue weighted by Gasteiger charge is -2.27. The molecule has 2 aromatic rings. The molecule has 2 fully saturated rings. The topological polar surface area (TPSA) is 136 Å². The van der Waals surface area contributed by atoms with Crippen LogP contribution in [-0.2, 0) is 29.3 Å². The maximum Gasteiger partial charge on any atom is 0.509 e.